The Hall–Kier alpha value is -3.80. The number of ether oxygens (including phenoxy) is 2. The largest absolute Gasteiger partial charge is 0.493 e. The number of hydrogen-bond acceptors (Lipinski definition) is 4. The normalized spacial score (nSPS) is 12.0. The van der Waals surface area contributed by atoms with Gasteiger partial charge in [-0.1, -0.05) is 30.9 Å². The van der Waals surface area contributed by atoms with E-state index in [4.69, 9.17) is 9.47 Å². The zero-order valence-electron chi connectivity index (χ0n) is 16.7. The summed E-state index contributed by atoms with van der Waals surface area (Å²) in [6.45, 7) is 5.64. The van der Waals surface area contributed by atoms with Crippen LogP contribution in [0.15, 0.2) is 73.0 Å². The van der Waals surface area contributed by atoms with Gasteiger partial charge in [-0.2, -0.15) is 0 Å². The van der Waals surface area contributed by atoms with Gasteiger partial charge in [-0.25, -0.2) is 4.98 Å². The van der Waals surface area contributed by atoms with E-state index in [0.717, 1.165) is 16.6 Å². The monoisotopic (exact) mass is 389 g/mol. The lowest BCUT2D eigenvalue weighted by atomic mass is 10.1. The number of benzene rings is 2. The van der Waals surface area contributed by atoms with E-state index in [2.05, 4.69) is 21.9 Å². The van der Waals surface area contributed by atoms with Crippen LogP contribution in [0.4, 0.5) is 0 Å². The van der Waals surface area contributed by atoms with E-state index >= 15 is 0 Å². The van der Waals surface area contributed by atoms with Gasteiger partial charge in [0.1, 0.15) is 5.82 Å². The Bertz CT molecular complexity index is 1080. The molecule has 1 aromatic heterocycles. The molecule has 6 heteroatoms. The van der Waals surface area contributed by atoms with Crippen LogP contribution in [0.2, 0.25) is 0 Å². The van der Waals surface area contributed by atoms with E-state index < -0.39 is 0 Å². The number of imidazole rings is 1. The number of allylic oxidation sites excluding steroid dienone is 4. The number of aromatic nitrogens is 2. The van der Waals surface area contributed by atoms with Gasteiger partial charge < -0.3 is 19.8 Å². The molecular formula is C23H23N3O3. The molecule has 0 atom stereocenters. The molecule has 0 aliphatic carbocycles. The Kier molecular flexibility index (Phi) is 6.14. The first-order valence-electron chi connectivity index (χ1n) is 9.09. The zero-order valence-corrected chi connectivity index (χ0v) is 16.7. The molecule has 0 fully saturated rings. The van der Waals surface area contributed by atoms with Crippen LogP contribution in [0.25, 0.3) is 16.6 Å². The first-order valence-corrected chi connectivity index (χ1v) is 9.09. The number of carbonyl (C=O) groups is 1. The van der Waals surface area contributed by atoms with Gasteiger partial charge in [0.25, 0.3) is 5.91 Å². The van der Waals surface area contributed by atoms with Gasteiger partial charge in [-0.3, -0.25) is 4.79 Å². The first kappa shape index (κ1) is 19.9. The molecule has 6 nitrogen and oxygen atoms in total. The van der Waals surface area contributed by atoms with Crippen molar-refractivity contribution in [1.29, 1.82) is 0 Å². The molecule has 148 valence electrons. The molecule has 3 rings (SSSR count). The van der Waals surface area contributed by atoms with Gasteiger partial charge in [0.2, 0.25) is 0 Å². The SMILES string of the molecule is C=C/C=C(\C(=C/C)NC(=O)c1ccc(OC)c(OC)c1)c1nc2ccccc2[nH]1. The Labute approximate surface area is 169 Å². The van der Waals surface area contributed by atoms with Crippen LogP contribution >= 0.6 is 0 Å². The second kappa shape index (κ2) is 8.93. The highest BCUT2D eigenvalue weighted by Crippen LogP contribution is 2.28. The van der Waals surface area contributed by atoms with Crippen molar-refractivity contribution in [2.45, 2.75) is 6.92 Å². The number of carbonyl (C=O) groups excluding carboxylic acids is 1. The molecule has 1 heterocycles. The quantitative estimate of drug-likeness (QED) is 0.584. The highest BCUT2D eigenvalue weighted by molar-refractivity contribution is 5.98. The molecule has 0 radical (unpaired) electrons. The van der Waals surface area contributed by atoms with Crippen LogP contribution in [-0.2, 0) is 0 Å². The number of nitrogens with one attached hydrogen (secondary N) is 2. The number of rotatable bonds is 7. The van der Waals surface area contributed by atoms with Gasteiger partial charge in [-0.15, -0.1) is 0 Å². The Morgan fingerprint density at radius 1 is 1.14 bits per heavy atom. The summed E-state index contributed by atoms with van der Waals surface area (Å²) in [5.74, 6) is 1.42. The van der Waals surface area contributed by atoms with E-state index in [0.29, 0.717) is 28.6 Å². The van der Waals surface area contributed by atoms with Crippen molar-refractivity contribution in [3.63, 3.8) is 0 Å². The molecule has 0 saturated carbocycles. The van der Waals surface area contributed by atoms with E-state index in [1.54, 1.807) is 31.4 Å². The van der Waals surface area contributed by atoms with Crippen molar-refractivity contribution < 1.29 is 14.3 Å². The lowest BCUT2D eigenvalue weighted by Crippen LogP contribution is -2.23. The summed E-state index contributed by atoms with van der Waals surface area (Å²) in [6.07, 6.45) is 5.29. The molecule has 0 unspecified atom stereocenters. The third-order valence-corrected chi connectivity index (χ3v) is 4.40. The van der Waals surface area contributed by atoms with Crippen molar-refractivity contribution >= 4 is 22.5 Å². The fraction of sp³-hybridized carbons (Fsp3) is 0.130. The summed E-state index contributed by atoms with van der Waals surface area (Å²) in [5, 5.41) is 2.95. The lowest BCUT2D eigenvalue weighted by molar-refractivity contribution is 0.0967. The smallest absolute Gasteiger partial charge is 0.255 e. The molecule has 1 amide bonds. The van der Waals surface area contributed by atoms with Crippen LogP contribution < -0.4 is 14.8 Å². The van der Waals surface area contributed by atoms with Crippen molar-refractivity contribution in [2.24, 2.45) is 0 Å². The van der Waals surface area contributed by atoms with Gasteiger partial charge >= 0.3 is 0 Å². The number of aromatic amines is 1. The molecule has 0 bridgehead atoms. The predicted molar refractivity (Wildman–Crippen MR) is 115 cm³/mol. The summed E-state index contributed by atoms with van der Waals surface area (Å²) in [7, 11) is 3.08. The Morgan fingerprint density at radius 2 is 1.90 bits per heavy atom. The minimum absolute atomic E-state index is 0.273. The Morgan fingerprint density at radius 3 is 2.55 bits per heavy atom. The van der Waals surface area contributed by atoms with E-state index in [1.165, 1.54) is 7.11 Å². The second-order valence-electron chi connectivity index (χ2n) is 6.14. The fourth-order valence-corrected chi connectivity index (χ4v) is 2.96. The summed E-state index contributed by atoms with van der Waals surface area (Å²) < 4.78 is 10.5. The van der Waals surface area contributed by atoms with Gasteiger partial charge in [0.05, 0.1) is 25.3 Å². The molecule has 0 saturated heterocycles. The van der Waals surface area contributed by atoms with Gasteiger partial charge in [-0.05, 0) is 43.3 Å². The lowest BCUT2D eigenvalue weighted by Gasteiger charge is -2.13. The summed E-state index contributed by atoms with van der Waals surface area (Å²) >= 11 is 0. The number of para-hydroxylation sites is 2. The molecular weight excluding hydrogens is 366 g/mol. The van der Waals surface area contributed by atoms with Crippen molar-refractivity contribution in [1.82, 2.24) is 15.3 Å². The summed E-state index contributed by atoms with van der Waals surface area (Å²) in [5.41, 5.74) is 3.55. The molecule has 3 aromatic rings. The first-order chi connectivity index (χ1) is 14.1. The van der Waals surface area contributed by atoms with E-state index in [9.17, 15) is 4.79 Å². The fourth-order valence-electron chi connectivity index (χ4n) is 2.96. The van der Waals surface area contributed by atoms with Gasteiger partial charge in [0.15, 0.2) is 11.5 Å². The van der Waals surface area contributed by atoms with E-state index in [1.807, 2.05) is 43.3 Å². The third-order valence-electron chi connectivity index (χ3n) is 4.40. The number of H-pyrrole nitrogens is 1. The highest BCUT2D eigenvalue weighted by Gasteiger charge is 2.16. The number of amides is 1. The molecule has 2 N–H and O–H groups in total. The van der Waals surface area contributed by atoms with Crippen LogP contribution in [0.5, 0.6) is 11.5 Å². The average Bonchev–Trinajstić information content (AvgIpc) is 3.19. The average molecular weight is 389 g/mol. The Balaban J connectivity index is 1.91. The topological polar surface area (TPSA) is 76.2 Å². The molecule has 0 aliphatic heterocycles. The van der Waals surface area contributed by atoms with E-state index in [-0.39, 0.29) is 5.91 Å². The third kappa shape index (κ3) is 4.21. The summed E-state index contributed by atoms with van der Waals surface area (Å²) in [4.78, 5) is 20.8. The maximum atomic E-state index is 12.9. The highest BCUT2D eigenvalue weighted by atomic mass is 16.5. The summed E-state index contributed by atoms with van der Waals surface area (Å²) in [6, 6.07) is 12.8. The minimum Gasteiger partial charge on any atom is -0.493 e. The minimum atomic E-state index is -0.273. The predicted octanol–water partition coefficient (Wildman–Crippen LogP) is 4.48. The maximum Gasteiger partial charge on any atom is 0.255 e. The number of hydrogen-bond donors (Lipinski definition) is 2. The van der Waals surface area contributed by atoms with Crippen molar-refractivity contribution in [3.05, 3.63) is 84.4 Å². The van der Waals surface area contributed by atoms with Crippen LogP contribution in [0.3, 0.4) is 0 Å². The number of methoxy groups -OCH3 is 2. The number of nitrogens with zero attached hydrogens (tertiary/aromatic N) is 1. The van der Waals surface area contributed by atoms with Crippen LogP contribution in [-0.4, -0.2) is 30.1 Å². The molecule has 29 heavy (non-hydrogen) atoms. The molecule has 0 spiro atoms. The second-order valence-corrected chi connectivity index (χ2v) is 6.14. The molecule has 2 aromatic carbocycles. The maximum absolute atomic E-state index is 12.9. The standard InChI is InChI=1S/C23H23N3O3/c1-5-9-16(22-24-18-10-7-8-11-19(18)25-22)17(6-2)26-23(27)15-12-13-20(28-3)21(14-15)29-4/h5-14H,1H2,2-4H3,(H,24,25)(H,26,27)/b16-9+,17-6+. The zero-order chi connectivity index (χ0) is 20.8. The van der Waals surface area contributed by atoms with Crippen LogP contribution in [0, 0.1) is 0 Å². The van der Waals surface area contributed by atoms with Gasteiger partial charge in [0, 0.05) is 16.8 Å². The van der Waals surface area contributed by atoms with Crippen molar-refractivity contribution in [2.75, 3.05) is 14.2 Å². The number of fused-ring (bicyclic) bond motifs is 1. The molecule has 0 aliphatic rings. The van der Waals surface area contributed by atoms with Crippen LogP contribution in [0.1, 0.15) is 23.1 Å². The van der Waals surface area contributed by atoms with Crippen molar-refractivity contribution in [3.8, 4) is 11.5 Å².